The minimum Gasteiger partial charge on any atom is -0.497 e. The number of amides is 1. The molecule has 5 rings (SSSR count). The lowest BCUT2D eigenvalue weighted by atomic mass is 9.91. The molecule has 1 aliphatic rings. The Morgan fingerprint density at radius 3 is 2.70 bits per heavy atom. The number of hydrogen-bond donors (Lipinski definition) is 0. The number of hydrogen-bond acceptors (Lipinski definition) is 4. The van der Waals surface area contributed by atoms with E-state index in [9.17, 15) is 4.79 Å². The summed E-state index contributed by atoms with van der Waals surface area (Å²) in [6.07, 6.45) is 3.77. The van der Waals surface area contributed by atoms with Crippen LogP contribution in [0.25, 0.3) is 22.0 Å². The minimum atomic E-state index is 0.0773. The third-order valence-corrected chi connectivity index (χ3v) is 6.37. The number of methoxy groups -OCH3 is 1. The molecule has 1 atom stereocenters. The fraction of sp³-hybridized carbons (Fsp3) is 0.250. The van der Waals surface area contributed by atoms with Crippen LogP contribution in [0.1, 0.15) is 40.5 Å². The van der Waals surface area contributed by atoms with E-state index in [4.69, 9.17) is 9.72 Å². The Labute approximate surface area is 194 Å². The van der Waals surface area contributed by atoms with E-state index in [1.165, 1.54) is 0 Å². The van der Waals surface area contributed by atoms with Crippen molar-refractivity contribution in [3.63, 3.8) is 0 Å². The number of aromatic nitrogens is 2. The van der Waals surface area contributed by atoms with Gasteiger partial charge in [0.2, 0.25) is 0 Å². The number of piperidine rings is 1. The number of nitrogens with zero attached hydrogens (tertiary/aromatic N) is 3. The Hall–Kier alpha value is -3.73. The molecule has 166 valence electrons. The van der Waals surface area contributed by atoms with Gasteiger partial charge in [0.05, 0.1) is 12.6 Å². The fourth-order valence-corrected chi connectivity index (χ4v) is 4.65. The van der Waals surface area contributed by atoms with Crippen LogP contribution in [0.3, 0.4) is 0 Å². The molecule has 5 nitrogen and oxygen atoms in total. The van der Waals surface area contributed by atoms with Gasteiger partial charge in [-0.25, -0.2) is 0 Å². The summed E-state index contributed by atoms with van der Waals surface area (Å²) < 4.78 is 5.29. The molecule has 33 heavy (non-hydrogen) atoms. The second-order valence-corrected chi connectivity index (χ2v) is 8.65. The number of likely N-dealkylation sites (tertiary alicyclic amines) is 1. The van der Waals surface area contributed by atoms with Crippen molar-refractivity contribution in [3.8, 4) is 16.9 Å². The third kappa shape index (κ3) is 4.44. The molecule has 0 aliphatic carbocycles. The molecule has 3 heterocycles. The Morgan fingerprint density at radius 1 is 1.03 bits per heavy atom. The van der Waals surface area contributed by atoms with Crippen LogP contribution >= 0.6 is 0 Å². The highest BCUT2D eigenvalue weighted by molar-refractivity contribution is 5.98. The maximum absolute atomic E-state index is 13.3. The molecule has 2 aromatic heterocycles. The monoisotopic (exact) mass is 437 g/mol. The van der Waals surface area contributed by atoms with E-state index in [1.54, 1.807) is 13.3 Å². The highest BCUT2D eigenvalue weighted by atomic mass is 16.5. The Balaban J connectivity index is 1.38. The highest BCUT2D eigenvalue weighted by Crippen LogP contribution is 2.31. The standard InChI is InChI=1S/C28H27N3O2/c1-19-15-24(20-7-10-25(33-2)11-8-20)17-27(30-19)23-6-4-14-31(18-23)28(32)22-9-12-26-21(16-22)5-3-13-29-26/h3,5,7-13,15-17,23H,4,6,14,18H2,1-2H3. The van der Waals surface area contributed by atoms with Crippen molar-refractivity contribution < 1.29 is 9.53 Å². The lowest BCUT2D eigenvalue weighted by molar-refractivity contribution is 0.0706. The van der Waals surface area contributed by atoms with Crippen molar-refractivity contribution in [2.45, 2.75) is 25.7 Å². The lowest BCUT2D eigenvalue weighted by Gasteiger charge is -2.33. The molecule has 5 heteroatoms. The Bertz CT molecular complexity index is 1300. The number of carbonyl (C=O) groups excluding carboxylic acids is 1. The first kappa shape index (κ1) is 21.1. The van der Waals surface area contributed by atoms with Gasteiger partial charge in [0.1, 0.15) is 5.75 Å². The van der Waals surface area contributed by atoms with Gasteiger partial charge in [-0.2, -0.15) is 0 Å². The van der Waals surface area contributed by atoms with Gasteiger partial charge in [-0.3, -0.25) is 14.8 Å². The molecule has 1 amide bonds. The van der Waals surface area contributed by atoms with Crippen LogP contribution in [-0.4, -0.2) is 41.0 Å². The van der Waals surface area contributed by atoms with Crippen molar-refractivity contribution in [1.29, 1.82) is 0 Å². The number of rotatable bonds is 4. The minimum absolute atomic E-state index is 0.0773. The summed E-state index contributed by atoms with van der Waals surface area (Å²) in [5.41, 5.74) is 5.94. The van der Waals surface area contributed by atoms with Crippen LogP contribution < -0.4 is 4.74 Å². The topological polar surface area (TPSA) is 55.3 Å². The zero-order valence-electron chi connectivity index (χ0n) is 19.0. The van der Waals surface area contributed by atoms with E-state index < -0.39 is 0 Å². The van der Waals surface area contributed by atoms with Gasteiger partial charge >= 0.3 is 0 Å². The number of carbonyl (C=O) groups is 1. The molecule has 1 saturated heterocycles. The van der Waals surface area contributed by atoms with Crippen LogP contribution in [0.5, 0.6) is 5.75 Å². The van der Waals surface area contributed by atoms with Crippen LogP contribution in [0.4, 0.5) is 0 Å². The van der Waals surface area contributed by atoms with Crippen molar-refractivity contribution in [3.05, 3.63) is 89.9 Å². The van der Waals surface area contributed by atoms with Gasteiger partial charge in [-0.15, -0.1) is 0 Å². The maximum atomic E-state index is 13.3. The summed E-state index contributed by atoms with van der Waals surface area (Å²) in [5, 5.41) is 0.987. The van der Waals surface area contributed by atoms with E-state index in [0.29, 0.717) is 12.1 Å². The molecule has 2 aromatic carbocycles. The van der Waals surface area contributed by atoms with Gasteiger partial charge in [0, 0.05) is 47.5 Å². The van der Waals surface area contributed by atoms with E-state index in [1.807, 2.05) is 54.3 Å². The molecular weight excluding hydrogens is 410 g/mol. The third-order valence-electron chi connectivity index (χ3n) is 6.37. The summed E-state index contributed by atoms with van der Waals surface area (Å²) in [4.78, 5) is 24.5. The first-order valence-corrected chi connectivity index (χ1v) is 11.4. The first-order chi connectivity index (χ1) is 16.1. The van der Waals surface area contributed by atoms with Gasteiger partial charge in [-0.05, 0) is 79.4 Å². The summed E-state index contributed by atoms with van der Waals surface area (Å²) >= 11 is 0. The zero-order chi connectivity index (χ0) is 22.8. The largest absolute Gasteiger partial charge is 0.497 e. The molecule has 0 N–H and O–H groups in total. The summed E-state index contributed by atoms with van der Waals surface area (Å²) in [7, 11) is 1.68. The Kier molecular flexibility index (Phi) is 5.78. The molecule has 0 radical (unpaired) electrons. The van der Waals surface area contributed by atoms with Crippen LogP contribution in [0.15, 0.2) is 72.9 Å². The quantitative estimate of drug-likeness (QED) is 0.415. The molecule has 0 saturated carbocycles. The summed E-state index contributed by atoms with van der Waals surface area (Å²) in [5.74, 6) is 1.14. The second kappa shape index (κ2) is 9.02. The maximum Gasteiger partial charge on any atom is 0.253 e. The van der Waals surface area contributed by atoms with E-state index in [0.717, 1.165) is 58.6 Å². The predicted octanol–water partition coefficient (Wildman–Crippen LogP) is 5.63. The van der Waals surface area contributed by atoms with Gasteiger partial charge in [0.15, 0.2) is 0 Å². The van der Waals surface area contributed by atoms with Crippen LogP contribution in [0.2, 0.25) is 0 Å². The molecular formula is C28H27N3O2. The second-order valence-electron chi connectivity index (χ2n) is 8.65. The highest BCUT2D eigenvalue weighted by Gasteiger charge is 2.27. The number of ether oxygens (including phenoxy) is 1. The van der Waals surface area contributed by atoms with Crippen molar-refractivity contribution >= 4 is 16.8 Å². The van der Waals surface area contributed by atoms with Gasteiger partial charge < -0.3 is 9.64 Å². The van der Waals surface area contributed by atoms with Crippen molar-refractivity contribution in [1.82, 2.24) is 14.9 Å². The number of pyridine rings is 2. The summed E-state index contributed by atoms with van der Waals surface area (Å²) in [6, 6.07) is 22.0. The number of fused-ring (bicyclic) bond motifs is 1. The number of aryl methyl sites for hydroxylation is 1. The Morgan fingerprint density at radius 2 is 1.88 bits per heavy atom. The molecule has 4 aromatic rings. The molecule has 1 unspecified atom stereocenters. The SMILES string of the molecule is COc1ccc(-c2cc(C)nc(C3CCCN(C(=O)c4ccc5ncccc5c4)C3)c2)cc1. The molecule has 1 fully saturated rings. The van der Waals surface area contributed by atoms with E-state index in [-0.39, 0.29) is 11.8 Å². The lowest BCUT2D eigenvalue weighted by Crippen LogP contribution is -2.39. The average Bonchev–Trinajstić information content (AvgIpc) is 2.87. The number of benzene rings is 2. The van der Waals surface area contributed by atoms with Crippen LogP contribution in [0, 0.1) is 6.92 Å². The van der Waals surface area contributed by atoms with Crippen LogP contribution in [-0.2, 0) is 0 Å². The molecule has 0 spiro atoms. The van der Waals surface area contributed by atoms with Gasteiger partial charge in [0.25, 0.3) is 5.91 Å². The summed E-state index contributed by atoms with van der Waals surface area (Å²) in [6.45, 7) is 3.49. The molecule has 0 bridgehead atoms. The molecule has 1 aliphatic heterocycles. The zero-order valence-corrected chi connectivity index (χ0v) is 19.0. The predicted molar refractivity (Wildman–Crippen MR) is 131 cm³/mol. The first-order valence-electron chi connectivity index (χ1n) is 11.4. The van der Waals surface area contributed by atoms with Gasteiger partial charge in [-0.1, -0.05) is 18.2 Å². The van der Waals surface area contributed by atoms with E-state index >= 15 is 0 Å². The van der Waals surface area contributed by atoms with Crippen molar-refractivity contribution in [2.24, 2.45) is 0 Å². The van der Waals surface area contributed by atoms with E-state index in [2.05, 4.69) is 29.2 Å². The smallest absolute Gasteiger partial charge is 0.253 e. The normalized spacial score (nSPS) is 16.1. The fourth-order valence-electron chi connectivity index (χ4n) is 4.65. The average molecular weight is 438 g/mol. The van der Waals surface area contributed by atoms with Crippen molar-refractivity contribution in [2.75, 3.05) is 20.2 Å².